The first kappa shape index (κ1) is 12.1. The Morgan fingerprint density at radius 2 is 1.89 bits per heavy atom. The Labute approximate surface area is 110 Å². The van der Waals surface area contributed by atoms with E-state index in [0.29, 0.717) is 10.7 Å². The molecular weight excluding hydrogens is 244 g/mol. The summed E-state index contributed by atoms with van der Waals surface area (Å²) < 4.78 is 0. The van der Waals surface area contributed by atoms with Gasteiger partial charge in [-0.1, -0.05) is 6.42 Å². The van der Waals surface area contributed by atoms with E-state index in [-0.39, 0.29) is 10.6 Å². The van der Waals surface area contributed by atoms with Gasteiger partial charge in [0, 0.05) is 13.1 Å². The summed E-state index contributed by atoms with van der Waals surface area (Å²) >= 11 is 0. The van der Waals surface area contributed by atoms with Crippen molar-refractivity contribution in [1.82, 2.24) is 0 Å². The smallest absolute Gasteiger partial charge is 0.296 e. The standard InChI is InChI=1S/C13H16N4O2/c1-14-9-5-6-10(17(18)19)12-11(9)15-13(16-12)7-3-2-4-8-13/h5-6,14H,2-4,7-8H2,1H3. The predicted molar refractivity (Wildman–Crippen MR) is 70.8 cm³/mol. The van der Waals surface area contributed by atoms with Crippen molar-refractivity contribution < 1.29 is 4.92 Å². The van der Waals surface area contributed by atoms with Gasteiger partial charge in [-0.2, -0.15) is 0 Å². The second kappa shape index (κ2) is 4.29. The Balaban J connectivity index is 2.24. The third-order valence-corrected chi connectivity index (χ3v) is 3.89. The lowest BCUT2D eigenvalue weighted by Gasteiger charge is -2.27. The lowest BCUT2D eigenvalue weighted by atomic mass is 9.90. The molecular formula is C13H16N4O2. The number of non-ortho nitro benzene ring substituents is 1. The van der Waals surface area contributed by atoms with Crippen LogP contribution in [0.1, 0.15) is 32.1 Å². The van der Waals surface area contributed by atoms with Gasteiger partial charge < -0.3 is 5.32 Å². The first-order valence-electron chi connectivity index (χ1n) is 6.60. The van der Waals surface area contributed by atoms with E-state index in [9.17, 15) is 10.1 Å². The largest absolute Gasteiger partial charge is 0.386 e. The molecule has 19 heavy (non-hydrogen) atoms. The molecule has 0 bridgehead atoms. The molecule has 3 rings (SSSR count). The van der Waals surface area contributed by atoms with Crippen molar-refractivity contribution in [1.29, 1.82) is 0 Å². The summed E-state index contributed by atoms with van der Waals surface area (Å²) in [6, 6.07) is 3.21. The van der Waals surface area contributed by atoms with Gasteiger partial charge in [-0.15, -0.1) is 0 Å². The molecule has 1 saturated carbocycles. The molecule has 1 fully saturated rings. The van der Waals surface area contributed by atoms with Crippen LogP contribution >= 0.6 is 0 Å². The highest BCUT2D eigenvalue weighted by atomic mass is 16.6. The maximum atomic E-state index is 11.1. The van der Waals surface area contributed by atoms with E-state index in [4.69, 9.17) is 4.99 Å². The molecule has 0 aromatic heterocycles. The normalized spacial score (nSPS) is 19.4. The molecule has 0 saturated heterocycles. The minimum Gasteiger partial charge on any atom is -0.386 e. The maximum absolute atomic E-state index is 11.1. The number of nitro groups is 1. The molecule has 0 amide bonds. The fourth-order valence-electron chi connectivity index (χ4n) is 2.92. The van der Waals surface area contributed by atoms with E-state index in [1.54, 1.807) is 13.1 Å². The van der Waals surface area contributed by atoms with Gasteiger partial charge in [-0.25, -0.2) is 4.99 Å². The fourth-order valence-corrected chi connectivity index (χ4v) is 2.92. The number of nitrogens with zero attached hydrogens (tertiary/aromatic N) is 3. The highest BCUT2D eigenvalue weighted by Crippen LogP contribution is 2.33. The highest BCUT2D eigenvalue weighted by molar-refractivity contribution is 5.48. The number of nitrogens with one attached hydrogen (secondary N) is 1. The number of hydrogen-bond donors (Lipinski definition) is 1. The molecule has 2 aliphatic rings. The summed E-state index contributed by atoms with van der Waals surface area (Å²) in [5, 5.41) is 15.2. The number of rotatable bonds is 2. The topological polar surface area (TPSA) is 79.9 Å². The van der Waals surface area contributed by atoms with Gasteiger partial charge in [0.1, 0.15) is 5.36 Å². The van der Waals surface area contributed by atoms with Gasteiger partial charge in [0.25, 0.3) is 5.69 Å². The van der Waals surface area contributed by atoms with Crippen molar-refractivity contribution in [2.45, 2.75) is 37.8 Å². The lowest BCUT2D eigenvalue weighted by molar-refractivity contribution is -0.386. The van der Waals surface area contributed by atoms with Gasteiger partial charge in [-0.05, 0) is 31.7 Å². The van der Waals surface area contributed by atoms with E-state index >= 15 is 0 Å². The van der Waals surface area contributed by atoms with Crippen LogP contribution in [0.2, 0.25) is 0 Å². The zero-order valence-electron chi connectivity index (χ0n) is 10.8. The van der Waals surface area contributed by atoms with Crippen LogP contribution in [0.15, 0.2) is 22.1 Å². The van der Waals surface area contributed by atoms with Gasteiger partial charge in [-0.3, -0.25) is 15.1 Å². The summed E-state index contributed by atoms with van der Waals surface area (Å²) in [6.45, 7) is 0. The highest BCUT2D eigenvalue weighted by Gasteiger charge is 2.35. The number of anilines is 1. The number of hydrogen-bond acceptors (Lipinski definition) is 5. The molecule has 1 N–H and O–H groups in total. The lowest BCUT2D eigenvalue weighted by Crippen LogP contribution is -2.27. The third kappa shape index (κ3) is 1.87. The van der Waals surface area contributed by atoms with E-state index in [1.807, 2.05) is 0 Å². The molecule has 1 aliphatic heterocycles. The Kier molecular flexibility index (Phi) is 2.73. The monoisotopic (exact) mass is 260 g/mol. The van der Waals surface area contributed by atoms with Crippen molar-refractivity contribution in [3.63, 3.8) is 0 Å². The summed E-state index contributed by atoms with van der Waals surface area (Å²) in [5.74, 6) is 0. The Hall–Kier alpha value is -1.98. The average Bonchev–Trinajstić information content (AvgIpc) is 2.76. The molecule has 0 unspecified atom stereocenters. The second-order valence-electron chi connectivity index (χ2n) is 5.10. The molecule has 1 aromatic rings. The number of nitro benzene ring substituents is 1. The number of fused-ring (bicyclic) bond motifs is 1. The van der Waals surface area contributed by atoms with Crippen LogP contribution < -0.4 is 16.0 Å². The SMILES string of the molecule is CNc1ccc([N+](=O)[O-])c2c1=NC1(CCCCC1)N=2. The first-order chi connectivity index (χ1) is 9.15. The van der Waals surface area contributed by atoms with E-state index in [0.717, 1.165) is 31.4 Å². The van der Waals surface area contributed by atoms with Crippen LogP contribution in [0, 0.1) is 10.1 Å². The Bertz CT molecular complexity index is 647. The summed E-state index contributed by atoms with van der Waals surface area (Å²) in [7, 11) is 1.79. The molecule has 6 heteroatoms. The van der Waals surface area contributed by atoms with Crippen molar-refractivity contribution >= 4 is 11.4 Å². The van der Waals surface area contributed by atoms with Crippen molar-refractivity contribution in [3.8, 4) is 0 Å². The fraction of sp³-hybridized carbons (Fsp3) is 0.538. The van der Waals surface area contributed by atoms with E-state index < -0.39 is 5.66 Å². The van der Waals surface area contributed by atoms with Gasteiger partial charge in [0.2, 0.25) is 0 Å². The molecule has 0 radical (unpaired) electrons. The molecule has 0 atom stereocenters. The quantitative estimate of drug-likeness (QED) is 0.647. The zero-order valence-corrected chi connectivity index (χ0v) is 10.8. The third-order valence-electron chi connectivity index (χ3n) is 3.89. The Morgan fingerprint density at radius 3 is 2.53 bits per heavy atom. The van der Waals surface area contributed by atoms with Crippen LogP contribution in [-0.4, -0.2) is 17.6 Å². The van der Waals surface area contributed by atoms with Crippen LogP contribution in [-0.2, 0) is 0 Å². The van der Waals surface area contributed by atoms with Crippen LogP contribution in [0.3, 0.4) is 0 Å². The molecule has 1 aromatic carbocycles. The van der Waals surface area contributed by atoms with Crippen LogP contribution in [0.25, 0.3) is 0 Å². The van der Waals surface area contributed by atoms with Crippen molar-refractivity contribution in [3.05, 3.63) is 33.0 Å². The summed E-state index contributed by atoms with van der Waals surface area (Å²) in [5.41, 5.74) is 0.421. The van der Waals surface area contributed by atoms with Gasteiger partial charge in [0.05, 0.1) is 10.6 Å². The van der Waals surface area contributed by atoms with Crippen LogP contribution in [0.5, 0.6) is 0 Å². The zero-order chi connectivity index (χ0) is 13.5. The predicted octanol–water partition coefficient (Wildman–Crippen LogP) is 1.55. The first-order valence-corrected chi connectivity index (χ1v) is 6.60. The second-order valence-corrected chi connectivity index (χ2v) is 5.10. The minimum absolute atomic E-state index is 0.0557. The Morgan fingerprint density at radius 1 is 1.21 bits per heavy atom. The molecule has 6 nitrogen and oxygen atoms in total. The molecule has 1 spiro atoms. The van der Waals surface area contributed by atoms with Crippen LogP contribution in [0.4, 0.5) is 11.4 Å². The average molecular weight is 260 g/mol. The number of benzene rings is 1. The summed E-state index contributed by atoms with van der Waals surface area (Å²) in [6.07, 6.45) is 5.15. The maximum Gasteiger partial charge on any atom is 0.296 e. The minimum atomic E-state index is -0.446. The summed E-state index contributed by atoms with van der Waals surface area (Å²) in [4.78, 5) is 20.1. The van der Waals surface area contributed by atoms with Gasteiger partial charge in [0.15, 0.2) is 11.0 Å². The molecule has 100 valence electrons. The van der Waals surface area contributed by atoms with Crippen molar-refractivity contribution in [2.75, 3.05) is 12.4 Å². The van der Waals surface area contributed by atoms with Crippen molar-refractivity contribution in [2.24, 2.45) is 9.98 Å². The van der Waals surface area contributed by atoms with E-state index in [1.165, 1.54) is 12.5 Å². The van der Waals surface area contributed by atoms with Gasteiger partial charge >= 0.3 is 0 Å². The van der Waals surface area contributed by atoms with E-state index in [2.05, 4.69) is 10.3 Å². The molecule has 1 heterocycles. The molecule has 1 aliphatic carbocycles.